The van der Waals surface area contributed by atoms with E-state index in [2.05, 4.69) is 0 Å². The van der Waals surface area contributed by atoms with Gasteiger partial charge >= 0.3 is 0 Å². The molecule has 0 fully saturated rings. The molecule has 0 unspecified atom stereocenters. The summed E-state index contributed by atoms with van der Waals surface area (Å²) in [5, 5.41) is 0. The van der Waals surface area contributed by atoms with Crippen molar-refractivity contribution in [3.05, 3.63) is 29.8 Å². The number of anilines is 1. The molecule has 0 saturated heterocycles. The zero-order valence-corrected chi connectivity index (χ0v) is 12.5. The van der Waals surface area contributed by atoms with Crippen molar-refractivity contribution in [3.8, 4) is 0 Å². The third kappa shape index (κ3) is 4.81. The Morgan fingerprint density at radius 2 is 1.84 bits per heavy atom. The molecule has 0 aliphatic carbocycles. The first kappa shape index (κ1) is 15.9. The van der Waals surface area contributed by atoms with Crippen molar-refractivity contribution in [2.24, 2.45) is 0 Å². The van der Waals surface area contributed by atoms with Crippen molar-refractivity contribution in [3.63, 3.8) is 0 Å². The van der Waals surface area contributed by atoms with E-state index in [-0.39, 0.29) is 11.8 Å². The number of hydrogen-bond donors (Lipinski definition) is 1. The van der Waals surface area contributed by atoms with Gasteiger partial charge in [0.1, 0.15) is 0 Å². The van der Waals surface area contributed by atoms with Crippen LogP contribution < -0.4 is 5.73 Å². The first-order chi connectivity index (χ1) is 8.86. The van der Waals surface area contributed by atoms with E-state index in [9.17, 15) is 8.42 Å². The zero-order valence-electron chi connectivity index (χ0n) is 11.7. The lowest BCUT2D eigenvalue weighted by molar-refractivity contribution is 0.171. The quantitative estimate of drug-likeness (QED) is 0.770. The minimum absolute atomic E-state index is 0.0187. The summed E-state index contributed by atoms with van der Waals surface area (Å²) in [4.78, 5) is 0. The summed E-state index contributed by atoms with van der Waals surface area (Å²) in [6.07, 6.45) is 0. The Morgan fingerprint density at radius 1 is 1.26 bits per heavy atom. The summed E-state index contributed by atoms with van der Waals surface area (Å²) in [6.45, 7) is 4.47. The fraction of sp³-hybridized carbons (Fsp3) is 0.538. The van der Waals surface area contributed by atoms with Crippen molar-refractivity contribution < 1.29 is 13.2 Å². The normalized spacial score (nSPS) is 12.3. The van der Waals surface area contributed by atoms with Crippen LogP contribution in [0.3, 0.4) is 0 Å². The Balaban J connectivity index is 2.85. The van der Waals surface area contributed by atoms with Gasteiger partial charge in [-0.3, -0.25) is 0 Å². The van der Waals surface area contributed by atoms with Gasteiger partial charge in [0.05, 0.1) is 12.4 Å². The summed E-state index contributed by atoms with van der Waals surface area (Å²) in [6, 6.07) is 6.80. The minimum Gasteiger partial charge on any atom is -0.399 e. The van der Waals surface area contributed by atoms with Crippen LogP contribution in [0.5, 0.6) is 0 Å². The van der Waals surface area contributed by atoms with Crippen molar-refractivity contribution in [2.45, 2.75) is 25.6 Å². The molecule has 6 heteroatoms. The number of nitrogen functional groups attached to an aromatic ring is 1. The van der Waals surface area contributed by atoms with E-state index in [1.54, 1.807) is 31.4 Å². The topological polar surface area (TPSA) is 72.6 Å². The van der Waals surface area contributed by atoms with Gasteiger partial charge in [0.2, 0.25) is 10.0 Å². The summed E-state index contributed by atoms with van der Waals surface area (Å²) in [5.74, 6) is -0.0187. The van der Waals surface area contributed by atoms with E-state index in [0.717, 1.165) is 5.56 Å². The molecule has 0 radical (unpaired) electrons. The molecule has 0 heterocycles. The van der Waals surface area contributed by atoms with Crippen LogP contribution in [0.4, 0.5) is 5.69 Å². The second-order valence-corrected chi connectivity index (χ2v) is 6.62. The van der Waals surface area contributed by atoms with Gasteiger partial charge in [-0.2, -0.15) is 4.31 Å². The largest absolute Gasteiger partial charge is 0.399 e. The van der Waals surface area contributed by atoms with E-state index < -0.39 is 10.0 Å². The maximum atomic E-state index is 12.4. The van der Waals surface area contributed by atoms with Gasteiger partial charge in [0.25, 0.3) is 0 Å². The maximum absolute atomic E-state index is 12.4. The van der Waals surface area contributed by atoms with E-state index >= 15 is 0 Å². The highest BCUT2D eigenvalue weighted by Gasteiger charge is 2.24. The molecular weight excluding hydrogens is 264 g/mol. The smallest absolute Gasteiger partial charge is 0.218 e. The molecule has 0 aromatic heterocycles. The fourth-order valence-corrected chi connectivity index (χ4v) is 3.58. The maximum Gasteiger partial charge on any atom is 0.218 e. The number of nitrogens with two attached hydrogens (primary N) is 1. The molecule has 0 atom stereocenters. The number of rotatable bonds is 7. The van der Waals surface area contributed by atoms with Crippen LogP contribution in [0.15, 0.2) is 24.3 Å². The van der Waals surface area contributed by atoms with E-state index in [1.807, 2.05) is 13.8 Å². The average Bonchev–Trinajstić information content (AvgIpc) is 2.31. The van der Waals surface area contributed by atoms with Gasteiger partial charge in [0, 0.05) is 25.4 Å². The van der Waals surface area contributed by atoms with Crippen LogP contribution in [0, 0.1) is 0 Å². The molecule has 0 bridgehead atoms. The molecule has 0 amide bonds. The Morgan fingerprint density at radius 3 is 2.32 bits per heavy atom. The highest BCUT2D eigenvalue weighted by Crippen LogP contribution is 2.15. The number of sulfonamides is 1. The third-order valence-electron chi connectivity index (χ3n) is 2.78. The average molecular weight is 286 g/mol. The molecule has 2 N–H and O–H groups in total. The van der Waals surface area contributed by atoms with Crippen LogP contribution >= 0.6 is 0 Å². The number of benzene rings is 1. The molecule has 0 saturated carbocycles. The molecule has 1 rings (SSSR count). The molecule has 1 aromatic carbocycles. The van der Waals surface area contributed by atoms with Gasteiger partial charge in [-0.25, -0.2) is 8.42 Å². The Kier molecular flexibility index (Phi) is 5.78. The number of hydrogen-bond acceptors (Lipinski definition) is 4. The summed E-state index contributed by atoms with van der Waals surface area (Å²) in [5.41, 5.74) is 6.95. The Labute approximate surface area is 115 Å². The molecule has 0 aliphatic rings. The lowest BCUT2D eigenvalue weighted by Crippen LogP contribution is -2.39. The Hall–Kier alpha value is -1.11. The highest BCUT2D eigenvalue weighted by atomic mass is 32.2. The fourth-order valence-electron chi connectivity index (χ4n) is 1.81. The van der Waals surface area contributed by atoms with Gasteiger partial charge in [0.15, 0.2) is 0 Å². The van der Waals surface area contributed by atoms with Gasteiger partial charge < -0.3 is 10.5 Å². The van der Waals surface area contributed by atoms with E-state index in [0.29, 0.717) is 18.8 Å². The minimum atomic E-state index is -3.35. The number of nitrogens with zero attached hydrogens (tertiary/aromatic N) is 1. The SMILES string of the molecule is COCCN(C(C)C)S(=O)(=O)Cc1ccc(N)cc1. The van der Waals surface area contributed by atoms with Crippen LogP contribution in [-0.4, -0.2) is 39.0 Å². The van der Waals surface area contributed by atoms with E-state index in [4.69, 9.17) is 10.5 Å². The van der Waals surface area contributed by atoms with E-state index in [1.165, 1.54) is 4.31 Å². The van der Waals surface area contributed by atoms with Crippen molar-refractivity contribution in [1.29, 1.82) is 0 Å². The van der Waals surface area contributed by atoms with Crippen LogP contribution in [0.2, 0.25) is 0 Å². The third-order valence-corrected chi connectivity index (χ3v) is 4.79. The molecule has 0 aliphatic heterocycles. The second kappa shape index (κ2) is 6.88. The van der Waals surface area contributed by atoms with Crippen LogP contribution in [0.1, 0.15) is 19.4 Å². The molecule has 0 spiro atoms. The summed E-state index contributed by atoms with van der Waals surface area (Å²) >= 11 is 0. The first-order valence-corrected chi connectivity index (χ1v) is 7.80. The van der Waals surface area contributed by atoms with Crippen molar-refractivity contribution in [2.75, 3.05) is 26.0 Å². The lowest BCUT2D eigenvalue weighted by Gasteiger charge is -2.25. The van der Waals surface area contributed by atoms with Crippen molar-refractivity contribution >= 4 is 15.7 Å². The predicted octanol–water partition coefficient (Wildman–Crippen LogP) is 1.46. The van der Waals surface area contributed by atoms with Gasteiger partial charge in [-0.15, -0.1) is 0 Å². The molecule has 108 valence electrons. The molecule has 1 aromatic rings. The van der Waals surface area contributed by atoms with Gasteiger partial charge in [-0.05, 0) is 31.5 Å². The Bertz CT molecular complexity index is 483. The summed E-state index contributed by atoms with van der Waals surface area (Å²) in [7, 11) is -1.79. The lowest BCUT2D eigenvalue weighted by atomic mass is 10.2. The number of methoxy groups -OCH3 is 1. The predicted molar refractivity (Wildman–Crippen MR) is 77.2 cm³/mol. The highest BCUT2D eigenvalue weighted by molar-refractivity contribution is 7.88. The zero-order chi connectivity index (χ0) is 14.5. The van der Waals surface area contributed by atoms with Gasteiger partial charge in [-0.1, -0.05) is 12.1 Å². The molecule has 5 nitrogen and oxygen atoms in total. The van der Waals surface area contributed by atoms with Crippen LogP contribution in [0.25, 0.3) is 0 Å². The molecular formula is C13H22N2O3S. The standard InChI is InChI=1S/C13H22N2O3S/c1-11(2)15(8-9-18-3)19(16,17)10-12-4-6-13(14)7-5-12/h4-7,11H,8-10,14H2,1-3H3. The van der Waals surface area contributed by atoms with Crippen molar-refractivity contribution in [1.82, 2.24) is 4.31 Å². The summed E-state index contributed by atoms with van der Waals surface area (Å²) < 4.78 is 31.2. The van der Waals surface area contributed by atoms with Crippen LogP contribution in [-0.2, 0) is 20.5 Å². The monoisotopic (exact) mass is 286 g/mol. The number of ether oxygens (including phenoxy) is 1. The molecule has 19 heavy (non-hydrogen) atoms. The second-order valence-electron chi connectivity index (χ2n) is 4.70. The first-order valence-electron chi connectivity index (χ1n) is 6.19.